The molecule has 2 heterocycles. The van der Waals surface area contributed by atoms with Crippen molar-refractivity contribution in [2.45, 2.75) is 19.9 Å². The Morgan fingerprint density at radius 3 is 2.62 bits per heavy atom. The maximum absolute atomic E-state index is 12.6. The molecular weight excluding hydrogens is 302 g/mol. The summed E-state index contributed by atoms with van der Waals surface area (Å²) in [5, 5.41) is 3.91. The van der Waals surface area contributed by atoms with Gasteiger partial charge in [-0.05, 0) is 49.7 Å². The molecule has 1 aromatic carbocycles. The van der Waals surface area contributed by atoms with Crippen molar-refractivity contribution in [1.29, 1.82) is 0 Å². The van der Waals surface area contributed by atoms with Gasteiger partial charge in [0.05, 0.1) is 29.9 Å². The van der Waals surface area contributed by atoms with Crippen molar-refractivity contribution in [2.24, 2.45) is 0 Å². The van der Waals surface area contributed by atoms with E-state index >= 15 is 0 Å². The Morgan fingerprint density at radius 1 is 1.17 bits per heavy atom. The van der Waals surface area contributed by atoms with Gasteiger partial charge in [-0.1, -0.05) is 0 Å². The minimum atomic E-state index is -0.137. The van der Waals surface area contributed by atoms with Crippen LogP contribution in [0, 0.1) is 6.92 Å². The van der Waals surface area contributed by atoms with E-state index in [4.69, 9.17) is 4.74 Å². The number of amides is 1. The SMILES string of the molecule is COc1ccc2cc(C(=O)NC(C)c3ccncc3)c(C)nc2c1. The summed E-state index contributed by atoms with van der Waals surface area (Å²) in [6.45, 7) is 3.78. The molecule has 0 saturated heterocycles. The van der Waals surface area contributed by atoms with Crippen LogP contribution in [-0.2, 0) is 0 Å². The third-order valence-electron chi connectivity index (χ3n) is 4.01. The van der Waals surface area contributed by atoms with Crippen molar-refractivity contribution in [1.82, 2.24) is 15.3 Å². The molecule has 0 aliphatic rings. The molecule has 5 heteroatoms. The van der Waals surface area contributed by atoms with Crippen molar-refractivity contribution in [3.63, 3.8) is 0 Å². The van der Waals surface area contributed by atoms with E-state index in [1.165, 1.54) is 0 Å². The monoisotopic (exact) mass is 321 g/mol. The van der Waals surface area contributed by atoms with E-state index in [0.717, 1.165) is 22.2 Å². The van der Waals surface area contributed by atoms with Crippen LogP contribution in [0.2, 0.25) is 0 Å². The Morgan fingerprint density at radius 2 is 1.92 bits per heavy atom. The fourth-order valence-electron chi connectivity index (χ4n) is 2.61. The quantitative estimate of drug-likeness (QED) is 0.799. The van der Waals surface area contributed by atoms with Gasteiger partial charge in [0.25, 0.3) is 5.91 Å². The molecule has 1 unspecified atom stereocenters. The zero-order valence-electron chi connectivity index (χ0n) is 13.9. The van der Waals surface area contributed by atoms with E-state index in [0.29, 0.717) is 11.3 Å². The minimum Gasteiger partial charge on any atom is -0.497 e. The molecule has 122 valence electrons. The number of methoxy groups -OCH3 is 1. The lowest BCUT2D eigenvalue weighted by Crippen LogP contribution is -2.27. The maximum atomic E-state index is 12.6. The van der Waals surface area contributed by atoms with Crippen molar-refractivity contribution in [3.05, 3.63) is 65.6 Å². The van der Waals surface area contributed by atoms with Crippen LogP contribution in [0.15, 0.2) is 48.8 Å². The standard InChI is InChI=1S/C19H19N3O2/c1-12(14-6-8-20-9-7-14)22-19(23)17-10-15-4-5-16(24-3)11-18(15)21-13(17)2/h4-12H,1-3H3,(H,22,23). The van der Waals surface area contributed by atoms with Crippen LogP contribution in [0.1, 0.15) is 34.6 Å². The van der Waals surface area contributed by atoms with E-state index in [2.05, 4.69) is 15.3 Å². The molecule has 1 N–H and O–H groups in total. The van der Waals surface area contributed by atoms with Crippen LogP contribution < -0.4 is 10.1 Å². The molecule has 3 rings (SSSR count). The fourth-order valence-corrected chi connectivity index (χ4v) is 2.61. The molecule has 0 aliphatic carbocycles. The molecule has 0 aliphatic heterocycles. The van der Waals surface area contributed by atoms with E-state index in [1.807, 2.05) is 50.2 Å². The Hall–Kier alpha value is -2.95. The van der Waals surface area contributed by atoms with Crippen molar-refractivity contribution in [3.8, 4) is 5.75 Å². The number of rotatable bonds is 4. The van der Waals surface area contributed by atoms with Gasteiger partial charge in [0.1, 0.15) is 5.75 Å². The molecule has 1 amide bonds. The minimum absolute atomic E-state index is 0.105. The van der Waals surface area contributed by atoms with Crippen LogP contribution in [0.4, 0.5) is 0 Å². The summed E-state index contributed by atoms with van der Waals surface area (Å²) >= 11 is 0. The molecule has 0 saturated carbocycles. The Labute approximate surface area is 140 Å². The number of carbonyl (C=O) groups excluding carboxylic acids is 1. The second-order valence-electron chi connectivity index (χ2n) is 5.66. The summed E-state index contributed by atoms with van der Waals surface area (Å²) in [7, 11) is 1.62. The summed E-state index contributed by atoms with van der Waals surface area (Å²) in [5.41, 5.74) is 3.09. The van der Waals surface area contributed by atoms with Crippen LogP contribution >= 0.6 is 0 Å². The van der Waals surface area contributed by atoms with Gasteiger partial charge in [-0.3, -0.25) is 14.8 Å². The number of nitrogens with one attached hydrogen (secondary N) is 1. The van der Waals surface area contributed by atoms with Gasteiger partial charge >= 0.3 is 0 Å². The summed E-state index contributed by atoms with van der Waals surface area (Å²) < 4.78 is 5.22. The highest BCUT2D eigenvalue weighted by atomic mass is 16.5. The summed E-state index contributed by atoms with van der Waals surface area (Å²) in [5.74, 6) is 0.611. The van der Waals surface area contributed by atoms with Crippen LogP contribution in [-0.4, -0.2) is 23.0 Å². The Kier molecular flexibility index (Phi) is 4.42. The first-order chi connectivity index (χ1) is 11.6. The highest BCUT2D eigenvalue weighted by Crippen LogP contribution is 2.22. The third-order valence-corrected chi connectivity index (χ3v) is 4.01. The Bertz CT molecular complexity index is 878. The predicted molar refractivity (Wildman–Crippen MR) is 93.2 cm³/mol. The molecule has 0 bridgehead atoms. The van der Waals surface area contributed by atoms with Gasteiger partial charge in [-0.25, -0.2) is 0 Å². The molecule has 0 radical (unpaired) electrons. The number of nitrogens with zero attached hydrogens (tertiary/aromatic N) is 2. The topological polar surface area (TPSA) is 64.1 Å². The van der Waals surface area contributed by atoms with Crippen molar-refractivity contribution >= 4 is 16.8 Å². The molecule has 2 aromatic heterocycles. The van der Waals surface area contributed by atoms with E-state index in [-0.39, 0.29) is 11.9 Å². The lowest BCUT2D eigenvalue weighted by Gasteiger charge is -2.15. The number of hydrogen-bond acceptors (Lipinski definition) is 4. The first-order valence-electron chi connectivity index (χ1n) is 7.74. The highest BCUT2D eigenvalue weighted by molar-refractivity contribution is 5.99. The average molecular weight is 321 g/mol. The van der Waals surface area contributed by atoms with Gasteiger partial charge in [-0.2, -0.15) is 0 Å². The van der Waals surface area contributed by atoms with E-state index in [1.54, 1.807) is 19.5 Å². The number of pyridine rings is 2. The van der Waals surface area contributed by atoms with Crippen molar-refractivity contribution < 1.29 is 9.53 Å². The fraction of sp³-hybridized carbons (Fsp3) is 0.211. The zero-order valence-corrected chi connectivity index (χ0v) is 13.9. The third kappa shape index (κ3) is 3.20. The smallest absolute Gasteiger partial charge is 0.253 e. The first kappa shape index (κ1) is 15.9. The van der Waals surface area contributed by atoms with Crippen LogP contribution in [0.3, 0.4) is 0 Å². The lowest BCUT2D eigenvalue weighted by molar-refractivity contribution is 0.0939. The highest BCUT2D eigenvalue weighted by Gasteiger charge is 2.15. The second-order valence-corrected chi connectivity index (χ2v) is 5.66. The number of ether oxygens (including phenoxy) is 1. The van der Waals surface area contributed by atoms with E-state index < -0.39 is 0 Å². The molecule has 1 atom stereocenters. The van der Waals surface area contributed by atoms with Gasteiger partial charge in [0.2, 0.25) is 0 Å². The maximum Gasteiger partial charge on any atom is 0.253 e. The molecule has 3 aromatic rings. The lowest BCUT2D eigenvalue weighted by atomic mass is 10.1. The van der Waals surface area contributed by atoms with Gasteiger partial charge < -0.3 is 10.1 Å². The number of aromatic nitrogens is 2. The van der Waals surface area contributed by atoms with Crippen LogP contribution in [0.5, 0.6) is 5.75 Å². The van der Waals surface area contributed by atoms with Crippen LogP contribution in [0.25, 0.3) is 10.9 Å². The predicted octanol–water partition coefficient (Wildman–Crippen LogP) is 3.44. The van der Waals surface area contributed by atoms with Gasteiger partial charge in [-0.15, -0.1) is 0 Å². The number of aryl methyl sites for hydroxylation is 1. The molecular formula is C19H19N3O2. The first-order valence-corrected chi connectivity index (χ1v) is 7.74. The average Bonchev–Trinajstić information content (AvgIpc) is 2.61. The zero-order chi connectivity index (χ0) is 17.1. The number of hydrogen-bond donors (Lipinski definition) is 1. The number of fused-ring (bicyclic) bond motifs is 1. The van der Waals surface area contributed by atoms with Gasteiger partial charge in [0, 0.05) is 23.8 Å². The molecule has 0 fully saturated rings. The summed E-state index contributed by atoms with van der Waals surface area (Å²) in [6.07, 6.45) is 3.43. The number of carbonyl (C=O) groups is 1. The normalized spacial score (nSPS) is 12.0. The molecule has 5 nitrogen and oxygen atoms in total. The largest absolute Gasteiger partial charge is 0.497 e. The number of benzene rings is 1. The van der Waals surface area contributed by atoms with Gasteiger partial charge in [0.15, 0.2) is 0 Å². The van der Waals surface area contributed by atoms with E-state index in [9.17, 15) is 4.79 Å². The second kappa shape index (κ2) is 6.66. The van der Waals surface area contributed by atoms with Crippen molar-refractivity contribution in [2.75, 3.05) is 7.11 Å². The molecule has 24 heavy (non-hydrogen) atoms. The summed E-state index contributed by atoms with van der Waals surface area (Å²) in [6, 6.07) is 11.2. The summed E-state index contributed by atoms with van der Waals surface area (Å²) in [4.78, 5) is 21.2. The Balaban J connectivity index is 1.88. The molecule has 0 spiro atoms.